The first-order valence-corrected chi connectivity index (χ1v) is 8.89. The van der Waals surface area contributed by atoms with Crippen LogP contribution >= 0.6 is 0 Å². The van der Waals surface area contributed by atoms with Crippen molar-refractivity contribution in [1.29, 1.82) is 0 Å². The Morgan fingerprint density at radius 1 is 1.18 bits per heavy atom. The number of ether oxygens (including phenoxy) is 2. The number of methoxy groups -OCH3 is 1. The first-order chi connectivity index (χ1) is 13.5. The van der Waals surface area contributed by atoms with Gasteiger partial charge in [-0.3, -0.25) is 9.59 Å². The lowest BCUT2D eigenvalue weighted by Gasteiger charge is -2.27. The average Bonchev–Trinajstić information content (AvgIpc) is 2.72. The summed E-state index contributed by atoms with van der Waals surface area (Å²) in [5, 5.41) is 3.15. The van der Waals surface area contributed by atoms with E-state index in [-0.39, 0.29) is 29.4 Å². The van der Waals surface area contributed by atoms with Crippen LogP contribution in [0.5, 0.6) is 11.5 Å². The van der Waals surface area contributed by atoms with Crippen molar-refractivity contribution in [2.75, 3.05) is 33.3 Å². The zero-order chi connectivity index (χ0) is 20.1. The number of rotatable bonds is 6. The van der Waals surface area contributed by atoms with Crippen LogP contribution in [0.3, 0.4) is 0 Å². The summed E-state index contributed by atoms with van der Waals surface area (Å²) in [5.74, 6) is -1.02. The van der Waals surface area contributed by atoms with Crippen LogP contribution in [-0.2, 0) is 6.61 Å². The number of carbonyl (C=O) groups is 2. The molecule has 0 radical (unpaired) electrons. The molecule has 148 valence electrons. The Labute approximate surface area is 162 Å². The molecule has 0 spiro atoms. The van der Waals surface area contributed by atoms with E-state index in [1.807, 2.05) is 0 Å². The van der Waals surface area contributed by atoms with Crippen LogP contribution in [0.25, 0.3) is 0 Å². The number of para-hydroxylation sites is 1. The molecule has 2 amide bonds. The SMILES string of the molecule is COc1cccc(C(N)=O)c1OCc1ccc(F)c(C(=O)N2CCNCC2)c1. The number of nitrogens with two attached hydrogens (primary N) is 1. The minimum absolute atomic E-state index is 0.00171. The van der Waals surface area contributed by atoms with Gasteiger partial charge in [0.15, 0.2) is 11.5 Å². The van der Waals surface area contributed by atoms with Gasteiger partial charge in [-0.2, -0.15) is 0 Å². The predicted octanol–water partition coefficient (Wildman–Crippen LogP) is 1.56. The van der Waals surface area contributed by atoms with E-state index >= 15 is 0 Å². The number of nitrogens with zero attached hydrogens (tertiary/aromatic N) is 1. The Hall–Kier alpha value is -3.13. The highest BCUT2D eigenvalue weighted by Gasteiger charge is 2.22. The van der Waals surface area contributed by atoms with Gasteiger partial charge < -0.3 is 25.4 Å². The van der Waals surface area contributed by atoms with Crippen molar-refractivity contribution < 1.29 is 23.5 Å². The zero-order valence-corrected chi connectivity index (χ0v) is 15.5. The molecule has 0 aliphatic carbocycles. The molecule has 0 atom stereocenters. The average molecular weight is 387 g/mol. The maximum absolute atomic E-state index is 14.2. The smallest absolute Gasteiger partial charge is 0.256 e. The third kappa shape index (κ3) is 4.23. The van der Waals surface area contributed by atoms with E-state index < -0.39 is 11.7 Å². The molecule has 0 unspecified atom stereocenters. The highest BCUT2D eigenvalue weighted by Crippen LogP contribution is 2.31. The van der Waals surface area contributed by atoms with Gasteiger partial charge in [0, 0.05) is 26.2 Å². The van der Waals surface area contributed by atoms with Crippen molar-refractivity contribution in [2.24, 2.45) is 5.73 Å². The van der Waals surface area contributed by atoms with Gasteiger partial charge in [-0.15, -0.1) is 0 Å². The van der Waals surface area contributed by atoms with E-state index in [4.69, 9.17) is 15.2 Å². The highest BCUT2D eigenvalue weighted by molar-refractivity contribution is 5.96. The molecular weight excluding hydrogens is 365 g/mol. The number of carbonyl (C=O) groups excluding carboxylic acids is 2. The number of hydrogen-bond donors (Lipinski definition) is 2. The van der Waals surface area contributed by atoms with Crippen LogP contribution in [0.15, 0.2) is 36.4 Å². The Morgan fingerprint density at radius 2 is 1.93 bits per heavy atom. The maximum atomic E-state index is 14.2. The lowest BCUT2D eigenvalue weighted by Crippen LogP contribution is -2.46. The summed E-state index contributed by atoms with van der Waals surface area (Å²) in [6, 6.07) is 9.05. The molecule has 2 aromatic carbocycles. The van der Waals surface area contributed by atoms with E-state index in [0.29, 0.717) is 37.5 Å². The van der Waals surface area contributed by atoms with Crippen molar-refractivity contribution in [3.8, 4) is 11.5 Å². The molecule has 7 nitrogen and oxygen atoms in total. The molecule has 3 rings (SSSR count). The molecule has 3 N–H and O–H groups in total. The first-order valence-electron chi connectivity index (χ1n) is 8.89. The van der Waals surface area contributed by atoms with Crippen LogP contribution in [0, 0.1) is 5.82 Å². The third-order valence-corrected chi connectivity index (χ3v) is 4.51. The lowest BCUT2D eigenvalue weighted by atomic mass is 10.1. The Balaban J connectivity index is 1.81. The fraction of sp³-hybridized carbons (Fsp3) is 0.300. The van der Waals surface area contributed by atoms with Gasteiger partial charge in [-0.25, -0.2) is 4.39 Å². The van der Waals surface area contributed by atoms with E-state index in [0.717, 1.165) is 0 Å². The van der Waals surface area contributed by atoms with Gasteiger partial charge in [-0.1, -0.05) is 12.1 Å². The monoisotopic (exact) mass is 387 g/mol. The van der Waals surface area contributed by atoms with Gasteiger partial charge in [0.2, 0.25) is 0 Å². The summed E-state index contributed by atoms with van der Waals surface area (Å²) in [6.07, 6.45) is 0. The maximum Gasteiger partial charge on any atom is 0.256 e. The normalized spacial score (nSPS) is 13.9. The summed E-state index contributed by atoms with van der Waals surface area (Å²) in [4.78, 5) is 25.9. The molecule has 1 aliphatic rings. The van der Waals surface area contributed by atoms with Gasteiger partial charge in [0.05, 0.1) is 18.2 Å². The molecule has 0 bridgehead atoms. The molecule has 1 heterocycles. The van der Waals surface area contributed by atoms with Crippen LogP contribution in [0.2, 0.25) is 0 Å². The van der Waals surface area contributed by atoms with E-state index in [1.165, 1.54) is 31.4 Å². The van der Waals surface area contributed by atoms with Crippen LogP contribution in [0.4, 0.5) is 4.39 Å². The van der Waals surface area contributed by atoms with Crippen molar-refractivity contribution in [3.05, 3.63) is 58.9 Å². The number of halogens is 1. The van der Waals surface area contributed by atoms with Crippen LogP contribution in [0.1, 0.15) is 26.3 Å². The standard InChI is InChI=1S/C20H22FN3O4/c1-27-17-4-2-3-14(19(22)25)18(17)28-12-13-5-6-16(21)15(11-13)20(26)24-9-7-23-8-10-24/h2-6,11,23H,7-10,12H2,1H3,(H2,22,25). The Kier molecular flexibility index (Phi) is 6.10. The molecule has 0 aromatic heterocycles. The van der Waals surface area contributed by atoms with Gasteiger partial charge in [0.25, 0.3) is 11.8 Å². The predicted molar refractivity (Wildman–Crippen MR) is 101 cm³/mol. The quantitative estimate of drug-likeness (QED) is 0.785. The molecule has 1 saturated heterocycles. The summed E-state index contributed by atoms with van der Waals surface area (Å²) in [6.45, 7) is 2.44. The molecule has 1 aliphatic heterocycles. The fourth-order valence-corrected chi connectivity index (χ4v) is 3.04. The molecular formula is C20H22FN3O4. The second kappa shape index (κ2) is 8.71. The van der Waals surface area contributed by atoms with Gasteiger partial charge in [-0.05, 0) is 29.8 Å². The summed E-state index contributed by atoms with van der Waals surface area (Å²) < 4.78 is 25.2. The minimum Gasteiger partial charge on any atom is -0.493 e. The lowest BCUT2D eigenvalue weighted by molar-refractivity contribution is 0.0730. The second-order valence-corrected chi connectivity index (χ2v) is 6.35. The van der Waals surface area contributed by atoms with Crippen molar-refractivity contribution in [1.82, 2.24) is 10.2 Å². The molecule has 2 aromatic rings. The third-order valence-electron chi connectivity index (χ3n) is 4.51. The highest BCUT2D eigenvalue weighted by atomic mass is 19.1. The van der Waals surface area contributed by atoms with Gasteiger partial charge in [0.1, 0.15) is 12.4 Å². The van der Waals surface area contributed by atoms with E-state index in [9.17, 15) is 14.0 Å². The molecule has 0 saturated carbocycles. The summed E-state index contributed by atoms with van der Waals surface area (Å²) >= 11 is 0. The summed E-state index contributed by atoms with van der Waals surface area (Å²) in [7, 11) is 1.45. The van der Waals surface area contributed by atoms with Crippen LogP contribution < -0.4 is 20.5 Å². The number of amides is 2. The minimum atomic E-state index is -0.650. The topological polar surface area (TPSA) is 93.9 Å². The second-order valence-electron chi connectivity index (χ2n) is 6.35. The summed E-state index contributed by atoms with van der Waals surface area (Å²) in [5.41, 5.74) is 6.16. The largest absolute Gasteiger partial charge is 0.493 e. The number of nitrogens with one attached hydrogen (secondary N) is 1. The number of benzene rings is 2. The number of hydrogen-bond acceptors (Lipinski definition) is 5. The number of piperazine rings is 1. The first kappa shape index (κ1) is 19.6. The molecule has 8 heteroatoms. The van der Waals surface area contributed by atoms with E-state index in [2.05, 4.69) is 5.32 Å². The zero-order valence-electron chi connectivity index (χ0n) is 15.5. The van der Waals surface area contributed by atoms with Crippen molar-refractivity contribution in [2.45, 2.75) is 6.61 Å². The van der Waals surface area contributed by atoms with Gasteiger partial charge >= 0.3 is 0 Å². The van der Waals surface area contributed by atoms with Crippen molar-refractivity contribution in [3.63, 3.8) is 0 Å². The molecule has 1 fully saturated rings. The Bertz CT molecular complexity index is 882. The van der Waals surface area contributed by atoms with Crippen molar-refractivity contribution >= 4 is 11.8 Å². The van der Waals surface area contributed by atoms with Crippen LogP contribution in [-0.4, -0.2) is 50.0 Å². The molecule has 28 heavy (non-hydrogen) atoms. The number of primary amides is 1. The Morgan fingerprint density at radius 3 is 2.61 bits per heavy atom. The van der Waals surface area contributed by atoms with E-state index in [1.54, 1.807) is 17.0 Å². The fourth-order valence-electron chi connectivity index (χ4n) is 3.04.